The van der Waals surface area contributed by atoms with E-state index in [1.807, 2.05) is 24.6 Å². The van der Waals surface area contributed by atoms with Gasteiger partial charge in [0.05, 0.1) is 5.69 Å². The molecule has 0 bridgehead atoms. The van der Waals surface area contributed by atoms with Gasteiger partial charge in [0.25, 0.3) is 0 Å². The van der Waals surface area contributed by atoms with Gasteiger partial charge in [-0.25, -0.2) is 4.99 Å². The number of aliphatic imine (C=N–C) groups is 1. The van der Waals surface area contributed by atoms with Crippen LogP contribution in [0.3, 0.4) is 0 Å². The highest BCUT2D eigenvalue weighted by Crippen LogP contribution is 2.20. The maximum atomic E-state index is 8.56. The Bertz CT molecular complexity index is 429. The summed E-state index contributed by atoms with van der Waals surface area (Å²) in [6, 6.07) is 8.03. The quantitative estimate of drug-likeness (QED) is 0.392. The molecule has 96 valence electrons. The molecule has 0 aliphatic heterocycles. The first-order chi connectivity index (χ1) is 8.74. The molecule has 0 amide bonds. The van der Waals surface area contributed by atoms with Crippen LogP contribution in [0.15, 0.2) is 29.3 Å². The second-order valence-electron chi connectivity index (χ2n) is 3.55. The average molecular weight is 262 g/mol. The Labute approximate surface area is 113 Å². The van der Waals surface area contributed by atoms with Gasteiger partial charge in [-0.3, -0.25) is 5.32 Å². The fraction of sp³-hybridized carbons (Fsp3) is 0.385. The number of rotatable bonds is 4. The topological polar surface area (TPSA) is 51.4 Å². The van der Waals surface area contributed by atoms with Gasteiger partial charge in [0.15, 0.2) is 11.4 Å². The lowest BCUT2D eigenvalue weighted by molar-refractivity contribution is 0.866. The van der Waals surface area contributed by atoms with E-state index in [-0.39, 0.29) is 0 Å². The van der Waals surface area contributed by atoms with Crippen molar-refractivity contribution in [3.8, 4) is 6.19 Å². The minimum atomic E-state index is 0.605. The number of thioether (sulfide) groups is 1. The first kappa shape index (κ1) is 14.4. The van der Waals surface area contributed by atoms with Gasteiger partial charge in [-0.1, -0.05) is 11.8 Å². The number of hydrogen-bond donors (Lipinski definition) is 1. The van der Waals surface area contributed by atoms with E-state index in [1.165, 1.54) is 17.4 Å². The monoisotopic (exact) mass is 262 g/mol. The summed E-state index contributed by atoms with van der Waals surface area (Å²) in [6.07, 6.45) is 3.76. The minimum Gasteiger partial charge on any atom is -0.372 e. The minimum absolute atomic E-state index is 0.605. The molecule has 0 aromatic heterocycles. The maximum absolute atomic E-state index is 8.56. The highest BCUT2D eigenvalue weighted by molar-refractivity contribution is 8.13. The van der Waals surface area contributed by atoms with Crippen molar-refractivity contribution in [2.24, 2.45) is 4.99 Å². The standard InChI is InChI=1S/C13H18N4S/c1-4-17(5-2)12-8-6-11(7-9-12)16-13(18-3)15-10-14/h6-9H,4-5H2,1-3H3,(H,15,16). The normalized spacial score (nSPS) is 10.9. The number of benzene rings is 1. The molecule has 0 saturated carbocycles. The van der Waals surface area contributed by atoms with E-state index in [1.54, 1.807) is 0 Å². The lowest BCUT2D eigenvalue weighted by Crippen LogP contribution is -2.21. The van der Waals surface area contributed by atoms with E-state index < -0.39 is 0 Å². The molecule has 1 aromatic rings. The molecule has 0 aliphatic carbocycles. The molecule has 0 atom stereocenters. The summed E-state index contributed by atoms with van der Waals surface area (Å²) >= 11 is 1.41. The van der Waals surface area contributed by atoms with Crippen LogP contribution in [0, 0.1) is 11.5 Å². The van der Waals surface area contributed by atoms with E-state index in [9.17, 15) is 0 Å². The van der Waals surface area contributed by atoms with Crippen LogP contribution in [0.5, 0.6) is 0 Å². The first-order valence-electron chi connectivity index (χ1n) is 5.87. The van der Waals surface area contributed by atoms with Gasteiger partial charge in [-0.05, 0) is 44.4 Å². The SMILES string of the molecule is CCN(CC)c1ccc(N=C(NC#N)SC)cc1. The van der Waals surface area contributed by atoms with Crippen molar-refractivity contribution < 1.29 is 0 Å². The number of amidine groups is 1. The average Bonchev–Trinajstić information content (AvgIpc) is 2.41. The molecule has 1 rings (SSSR count). The van der Waals surface area contributed by atoms with E-state index >= 15 is 0 Å². The molecule has 0 fully saturated rings. The number of nitrogens with one attached hydrogen (secondary N) is 1. The maximum Gasteiger partial charge on any atom is 0.183 e. The molecular formula is C13H18N4S. The van der Waals surface area contributed by atoms with E-state index in [2.05, 4.69) is 41.2 Å². The third-order valence-electron chi connectivity index (χ3n) is 2.57. The Morgan fingerprint density at radius 3 is 2.39 bits per heavy atom. The second kappa shape index (κ2) is 7.62. The van der Waals surface area contributed by atoms with Gasteiger partial charge in [-0.15, -0.1) is 0 Å². The Hall–Kier alpha value is -1.67. The summed E-state index contributed by atoms with van der Waals surface area (Å²) in [5, 5.41) is 11.7. The van der Waals surface area contributed by atoms with Crippen LogP contribution in [0.4, 0.5) is 11.4 Å². The van der Waals surface area contributed by atoms with E-state index in [0.717, 1.165) is 18.8 Å². The van der Waals surface area contributed by atoms with Crippen LogP contribution >= 0.6 is 11.8 Å². The fourth-order valence-electron chi connectivity index (χ4n) is 1.62. The van der Waals surface area contributed by atoms with Crippen molar-refractivity contribution in [3.05, 3.63) is 24.3 Å². The van der Waals surface area contributed by atoms with Gasteiger partial charge in [0, 0.05) is 18.8 Å². The summed E-state index contributed by atoms with van der Waals surface area (Å²) in [4.78, 5) is 6.62. The van der Waals surface area contributed by atoms with Gasteiger partial charge >= 0.3 is 0 Å². The smallest absolute Gasteiger partial charge is 0.183 e. The Kier molecular flexibility index (Phi) is 6.09. The number of hydrogen-bond acceptors (Lipinski definition) is 4. The predicted octanol–water partition coefficient (Wildman–Crippen LogP) is 2.95. The third-order valence-corrected chi connectivity index (χ3v) is 3.15. The Morgan fingerprint density at radius 1 is 1.33 bits per heavy atom. The van der Waals surface area contributed by atoms with Gasteiger partial charge in [0.2, 0.25) is 0 Å². The summed E-state index contributed by atoms with van der Waals surface area (Å²) in [5.74, 6) is 0. The van der Waals surface area contributed by atoms with Crippen LogP contribution < -0.4 is 10.2 Å². The van der Waals surface area contributed by atoms with Crippen LogP contribution in [0.1, 0.15) is 13.8 Å². The lowest BCUT2D eigenvalue weighted by atomic mass is 10.2. The second-order valence-corrected chi connectivity index (χ2v) is 4.34. The molecule has 0 spiro atoms. The molecule has 0 heterocycles. The summed E-state index contributed by atoms with van der Waals surface area (Å²) in [7, 11) is 0. The third kappa shape index (κ3) is 3.97. The molecule has 18 heavy (non-hydrogen) atoms. The molecule has 4 nitrogen and oxygen atoms in total. The van der Waals surface area contributed by atoms with Crippen molar-refractivity contribution in [2.45, 2.75) is 13.8 Å². The largest absolute Gasteiger partial charge is 0.372 e. The number of nitrogens with zero attached hydrogens (tertiary/aromatic N) is 3. The molecule has 0 aliphatic rings. The Morgan fingerprint density at radius 2 is 1.94 bits per heavy atom. The van der Waals surface area contributed by atoms with Crippen molar-refractivity contribution in [1.29, 1.82) is 5.26 Å². The van der Waals surface area contributed by atoms with Crippen LogP contribution in [-0.4, -0.2) is 24.5 Å². The van der Waals surface area contributed by atoms with Crippen LogP contribution in [0.2, 0.25) is 0 Å². The molecule has 0 unspecified atom stereocenters. The van der Waals surface area contributed by atoms with Gasteiger partial charge in [-0.2, -0.15) is 5.26 Å². The summed E-state index contributed by atoms with van der Waals surface area (Å²) in [5.41, 5.74) is 2.04. The number of nitriles is 1. The van der Waals surface area contributed by atoms with E-state index in [4.69, 9.17) is 5.26 Å². The molecular weight excluding hydrogens is 244 g/mol. The van der Waals surface area contributed by atoms with Gasteiger partial charge in [0.1, 0.15) is 0 Å². The predicted molar refractivity (Wildman–Crippen MR) is 79.4 cm³/mol. The van der Waals surface area contributed by atoms with Crippen molar-refractivity contribution in [3.63, 3.8) is 0 Å². The van der Waals surface area contributed by atoms with Crippen LogP contribution in [0.25, 0.3) is 0 Å². The highest BCUT2D eigenvalue weighted by Gasteiger charge is 2.01. The zero-order chi connectivity index (χ0) is 13.4. The summed E-state index contributed by atoms with van der Waals surface area (Å²) < 4.78 is 0. The van der Waals surface area contributed by atoms with Crippen molar-refractivity contribution in [1.82, 2.24) is 5.32 Å². The zero-order valence-corrected chi connectivity index (χ0v) is 11.8. The molecule has 1 N–H and O–H groups in total. The number of anilines is 1. The molecule has 0 radical (unpaired) electrons. The lowest BCUT2D eigenvalue weighted by Gasteiger charge is -2.20. The first-order valence-corrected chi connectivity index (χ1v) is 7.10. The van der Waals surface area contributed by atoms with Crippen molar-refractivity contribution in [2.75, 3.05) is 24.2 Å². The van der Waals surface area contributed by atoms with Gasteiger partial charge < -0.3 is 4.90 Å². The van der Waals surface area contributed by atoms with Crippen LogP contribution in [-0.2, 0) is 0 Å². The fourth-order valence-corrected chi connectivity index (χ4v) is 1.96. The highest BCUT2D eigenvalue weighted by atomic mass is 32.2. The summed E-state index contributed by atoms with van der Waals surface area (Å²) in [6.45, 7) is 6.26. The molecule has 0 saturated heterocycles. The zero-order valence-electron chi connectivity index (χ0n) is 11.0. The van der Waals surface area contributed by atoms with E-state index in [0.29, 0.717) is 5.17 Å². The van der Waals surface area contributed by atoms with Crippen molar-refractivity contribution >= 4 is 28.3 Å². The molecule has 5 heteroatoms. The Balaban J connectivity index is 2.86. The molecule has 1 aromatic carbocycles.